The summed E-state index contributed by atoms with van der Waals surface area (Å²) < 4.78 is 10.5. The highest BCUT2D eigenvalue weighted by atomic mass is 32.1. The van der Waals surface area contributed by atoms with E-state index in [4.69, 9.17) is 0 Å². The summed E-state index contributed by atoms with van der Waals surface area (Å²) in [5, 5.41) is 10.5. The first-order chi connectivity index (χ1) is 25.8. The zero-order valence-corrected chi connectivity index (χ0v) is 30.2. The maximum Gasteiger partial charge on any atom is 0.0620 e. The van der Waals surface area contributed by atoms with Crippen LogP contribution < -0.4 is 0 Å². The van der Waals surface area contributed by atoms with Gasteiger partial charge in [-0.3, -0.25) is 0 Å². The van der Waals surface area contributed by atoms with Crippen LogP contribution in [0, 0.1) is 0 Å². The van der Waals surface area contributed by atoms with Gasteiger partial charge in [0.1, 0.15) is 0 Å². The third kappa shape index (κ3) is 3.97. The molecule has 0 fully saturated rings. The van der Waals surface area contributed by atoms with Crippen molar-refractivity contribution in [2.24, 2.45) is 0 Å². The minimum absolute atomic E-state index is 1.19. The molecule has 0 amide bonds. The van der Waals surface area contributed by atoms with Crippen molar-refractivity contribution in [1.82, 2.24) is 4.57 Å². The fraction of sp³-hybridized carbons (Fsp3) is 0. The fourth-order valence-corrected chi connectivity index (χ4v) is 12.2. The molecule has 4 heterocycles. The maximum absolute atomic E-state index is 2.58. The predicted molar refractivity (Wildman–Crippen MR) is 230 cm³/mol. The van der Waals surface area contributed by atoms with Gasteiger partial charge in [0.05, 0.1) is 11.0 Å². The van der Waals surface area contributed by atoms with E-state index in [0.29, 0.717) is 0 Å². The van der Waals surface area contributed by atoms with Crippen LogP contribution in [0.1, 0.15) is 0 Å². The van der Waals surface area contributed by atoms with E-state index >= 15 is 0 Å². The Labute approximate surface area is 310 Å². The van der Waals surface area contributed by atoms with Gasteiger partial charge in [0.25, 0.3) is 0 Å². The van der Waals surface area contributed by atoms with Crippen molar-refractivity contribution in [2.45, 2.75) is 0 Å². The summed E-state index contributed by atoms with van der Waals surface area (Å²) >= 11 is 5.69. The lowest BCUT2D eigenvalue weighted by Crippen LogP contribution is -1.97. The number of para-hydroxylation sites is 2. The molecule has 4 aromatic heterocycles. The minimum Gasteiger partial charge on any atom is -0.308 e. The Hall–Kier alpha value is -5.78. The third-order valence-electron chi connectivity index (χ3n) is 10.8. The van der Waals surface area contributed by atoms with Gasteiger partial charge < -0.3 is 4.57 Å². The molecule has 0 aliphatic rings. The predicted octanol–water partition coefficient (Wildman–Crippen LogP) is 15.2. The molecule has 0 saturated carbocycles. The van der Waals surface area contributed by atoms with E-state index in [9.17, 15) is 0 Å². The van der Waals surface area contributed by atoms with Crippen molar-refractivity contribution in [3.63, 3.8) is 0 Å². The number of thiophene rings is 3. The molecule has 0 spiro atoms. The maximum atomic E-state index is 2.58. The van der Waals surface area contributed by atoms with Gasteiger partial charge >= 0.3 is 0 Å². The van der Waals surface area contributed by atoms with Crippen molar-refractivity contribution in [3.05, 3.63) is 164 Å². The molecule has 0 N–H and O–H groups in total. The number of aromatic nitrogens is 1. The molecule has 8 aromatic carbocycles. The summed E-state index contributed by atoms with van der Waals surface area (Å²) in [7, 11) is 0. The van der Waals surface area contributed by atoms with Crippen LogP contribution in [-0.4, -0.2) is 4.57 Å². The van der Waals surface area contributed by atoms with Crippen LogP contribution >= 0.6 is 34.0 Å². The van der Waals surface area contributed by atoms with E-state index in [1.54, 1.807) is 0 Å². The Morgan fingerprint density at radius 3 is 1.23 bits per heavy atom. The number of nitrogens with zero attached hydrogens (tertiary/aromatic N) is 1. The zero-order chi connectivity index (χ0) is 33.9. The van der Waals surface area contributed by atoms with Crippen LogP contribution in [0.4, 0.5) is 0 Å². The Balaban J connectivity index is 1.24. The second-order valence-electron chi connectivity index (χ2n) is 13.6. The molecular formula is C48H27NS3. The smallest absolute Gasteiger partial charge is 0.0620 e. The highest BCUT2D eigenvalue weighted by Gasteiger charge is 2.23. The lowest BCUT2D eigenvalue weighted by Gasteiger charge is -2.15. The van der Waals surface area contributed by atoms with Gasteiger partial charge in [-0.25, -0.2) is 0 Å². The molecule has 0 atom stereocenters. The Kier molecular flexibility index (Phi) is 6.03. The molecular weight excluding hydrogens is 687 g/mol. The van der Waals surface area contributed by atoms with Crippen LogP contribution in [0.5, 0.6) is 0 Å². The Morgan fingerprint density at radius 1 is 0.288 bits per heavy atom. The second kappa shape index (κ2) is 10.9. The van der Waals surface area contributed by atoms with E-state index in [1.807, 2.05) is 34.0 Å². The first kappa shape index (κ1) is 28.9. The molecule has 0 saturated heterocycles. The largest absolute Gasteiger partial charge is 0.308 e. The summed E-state index contributed by atoms with van der Waals surface area (Å²) in [6.07, 6.45) is 0. The minimum atomic E-state index is 1.19. The van der Waals surface area contributed by atoms with Crippen molar-refractivity contribution in [1.29, 1.82) is 0 Å². The summed E-state index contributed by atoms with van der Waals surface area (Å²) in [5.41, 5.74) is 8.76. The number of hydrogen-bond donors (Lipinski definition) is 0. The van der Waals surface area contributed by atoms with Gasteiger partial charge in [-0.2, -0.15) is 0 Å². The van der Waals surface area contributed by atoms with Crippen molar-refractivity contribution in [2.75, 3.05) is 0 Å². The van der Waals surface area contributed by atoms with Gasteiger partial charge in [-0.1, -0.05) is 133 Å². The first-order valence-electron chi connectivity index (χ1n) is 17.6. The molecule has 12 aromatic rings. The van der Waals surface area contributed by atoms with E-state index in [0.717, 1.165) is 0 Å². The topological polar surface area (TPSA) is 4.93 Å². The standard InChI is InChI=1S/C48H27NS3/c1-4-22-41-29(11-1)32-26-25-28(27-44(32)50-41)49-45-33(14-7-16-35(45)39-20-9-18-37-30-12-2-5-23-42(30)51-47(37)39)34-15-8-17-36(46(34)49)40-21-10-19-38-31-13-3-6-24-43(31)52-48(38)40/h1-27H. The molecule has 0 radical (unpaired) electrons. The molecule has 1 nitrogen and oxygen atoms in total. The van der Waals surface area contributed by atoms with E-state index in [-0.39, 0.29) is 0 Å². The van der Waals surface area contributed by atoms with E-state index in [1.165, 1.54) is 110 Å². The van der Waals surface area contributed by atoms with E-state index in [2.05, 4.69) is 168 Å². The quantitative estimate of drug-likeness (QED) is 0.172. The summed E-state index contributed by atoms with van der Waals surface area (Å²) in [4.78, 5) is 0. The zero-order valence-electron chi connectivity index (χ0n) is 27.8. The van der Waals surface area contributed by atoms with Gasteiger partial charge in [0.2, 0.25) is 0 Å². The number of benzene rings is 8. The lowest BCUT2D eigenvalue weighted by atomic mass is 9.98. The normalized spacial score (nSPS) is 12.2. The highest BCUT2D eigenvalue weighted by Crippen LogP contribution is 2.48. The average molecular weight is 714 g/mol. The second-order valence-corrected chi connectivity index (χ2v) is 16.8. The molecule has 4 heteroatoms. The average Bonchev–Trinajstić information content (AvgIpc) is 3.96. The highest BCUT2D eigenvalue weighted by molar-refractivity contribution is 7.27. The van der Waals surface area contributed by atoms with Crippen LogP contribution in [-0.2, 0) is 0 Å². The Morgan fingerprint density at radius 2 is 0.692 bits per heavy atom. The molecule has 0 aliphatic heterocycles. The first-order valence-corrected chi connectivity index (χ1v) is 20.0. The van der Waals surface area contributed by atoms with Gasteiger partial charge in [0, 0.05) is 99.2 Å². The number of rotatable bonds is 3. The summed E-state index contributed by atoms with van der Waals surface area (Å²) in [5.74, 6) is 0. The SMILES string of the molecule is c1ccc2c(c1)sc1cc(-n3c4c(-c5cccc6c5sc5ccccc56)cccc4c4cccc(-c5cccc6c5sc5ccccc56)c43)ccc12. The number of hydrogen-bond acceptors (Lipinski definition) is 3. The van der Waals surface area contributed by atoms with Crippen LogP contribution in [0.3, 0.4) is 0 Å². The van der Waals surface area contributed by atoms with E-state index < -0.39 is 0 Å². The van der Waals surface area contributed by atoms with Gasteiger partial charge in [-0.15, -0.1) is 34.0 Å². The van der Waals surface area contributed by atoms with Crippen LogP contribution in [0.25, 0.3) is 110 Å². The molecule has 12 rings (SSSR count). The van der Waals surface area contributed by atoms with Crippen molar-refractivity contribution in [3.8, 4) is 27.9 Å². The molecule has 52 heavy (non-hydrogen) atoms. The molecule has 242 valence electrons. The van der Waals surface area contributed by atoms with Crippen LogP contribution in [0.15, 0.2) is 164 Å². The molecule has 0 aliphatic carbocycles. The van der Waals surface area contributed by atoms with Gasteiger partial charge in [-0.05, 0) is 30.3 Å². The van der Waals surface area contributed by atoms with Crippen LogP contribution in [0.2, 0.25) is 0 Å². The summed E-state index contributed by atoms with van der Waals surface area (Å²) in [6.45, 7) is 0. The summed E-state index contributed by atoms with van der Waals surface area (Å²) in [6, 6.07) is 61.0. The Bertz CT molecular complexity index is 3250. The van der Waals surface area contributed by atoms with Crippen molar-refractivity contribution < 1.29 is 0 Å². The third-order valence-corrected chi connectivity index (χ3v) is 14.4. The monoisotopic (exact) mass is 713 g/mol. The lowest BCUT2D eigenvalue weighted by molar-refractivity contribution is 1.19. The fourth-order valence-electron chi connectivity index (χ4n) is 8.58. The number of fused-ring (bicyclic) bond motifs is 12. The van der Waals surface area contributed by atoms with Crippen molar-refractivity contribution >= 4 is 116 Å². The molecule has 0 unspecified atom stereocenters. The van der Waals surface area contributed by atoms with Gasteiger partial charge in [0.15, 0.2) is 0 Å². The molecule has 0 bridgehead atoms.